The summed E-state index contributed by atoms with van der Waals surface area (Å²) in [5.41, 5.74) is 0. The van der Waals surface area contributed by atoms with Gasteiger partial charge in [0, 0.05) is 19.6 Å². The molecule has 1 atom stereocenters. The predicted molar refractivity (Wildman–Crippen MR) is 64.7 cm³/mol. The summed E-state index contributed by atoms with van der Waals surface area (Å²) in [7, 11) is 4.09. The molecule has 0 aromatic rings. The third-order valence-electron chi connectivity index (χ3n) is 3.29. The molecule has 1 amide bonds. The van der Waals surface area contributed by atoms with Crippen LogP contribution < -0.4 is 0 Å². The number of likely N-dealkylation sites (tertiary alicyclic amines) is 1. The van der Waals surface area contributed by atoms with E-state index in [9.17, 15) is 9.59 Å². The second kappa shape index (κ2) is 6.00. The first kappa shape index (κ1) is 14.0. The molecular weight excluding hydrogens is 220 g/mol. The van der Waals surface area contributed by atoms with E-state index in [1.54, 1.807) is 4.90 Å². The third-order valence-corrected chi connectivity index (χ3v) is 3.29. The van der Waals surface area contributed by atoms with Crippen LogP contribution in [0.2, 0.25) is 0 Å². The van der Waals surface area contributed by atoms with Crippen molar-refractivity contribution < 1.29 is 14.7 Å². The van der Waals surface area contributed by atoms with Crippen LogP contribution >= 0.6 is 0 Å². The molecule has 1 fully saturated rings. The van der Waals surface area contributed by atoms with Gasteiger partial charge in [-0.1, -0.05) is 0 Å². The number of carboxylic acid groups (broad SMARTS) is 1. The Hall–Kier alpha value is -1.10. The largest absolute Gasteiger partial charge is 0.481 e. The predicted octanol–water partition coefficient (Wildman–Crippen LogP) is 0.507. The molecule has 0 aromatic carbocycles. The Morgan fingerprint density at radius 1 is 1.35 bits per heavy atom. The molecule has 1 rings (SSSR count). The van der Waals surface area contributed by atoms with E-state index in [4.69, 9.17) is 5.11 Å². The van der Waals surface area contributed by atoms with Crippen molar-refractivity contribution in [2.45, 2.75) is 19.8 Å². The number of carbonyl (C=O) groups excluding carboxylic acids is 1. The second-order valence-electron chi connectivity index (χ2n) is 5.09. The number of piperidine rings is 1. The Labute approximate surface area is 102 Å². The first-order valence-electron chi connectivity index (χ1n) is 6.08. The molecule has 5 heteroatoms. The summed E-state index contributed by atoms with van der Waals surface area (Å²) in [6, 6.07) is 0. The van der Waals surface area contributed by atoms with Gasteiger partial charge < -0.3 is 14.9 Å². The van der Waals surface area contributed by atoms with Crippen LogP contribution in [0.4, 0.5) is 0 Å². The molecule has 1 aliphatic rings. The van der Waals surface area contributed by atoms with E-state index in [-0.39, 0.29) is 5.91 Å². The van der Waals surface area contributed by atoms with Crippen molar-refractivity contribution in [3.63, 3.8) is 0 Å². The highest BCUT2D eigenvalue weighted by Gasteiger charge is 2.29. The molecule has 0 aromatic heterocycles. The number of carboxylic acids is 1. The third kappa shape index (κ3) is 4.00. The van der Waals surface area contributed by atoms with E-state index < -0.39 is 11.9 Å². The van der Waals surface area contributed by atoms with E-state index in [1.807, 2.05) is 14.1 Å². The summed E-state index contributed by atoms with van der Waals surface area (Å²) in [5, 5.41) is 8.80. The molecular formula is C12H22N2O3. The molecule has 98 valence electrons. The van der Waals surface area contributed by atoms with Crippen molar-refractivity contribution in [1.82, 2.24) is 9.80 Å². The zero-order valence-electron chi connectivity index (χ0n) is 10.8. The Morgan fingerprint density at radius 2 is 1.88 bits per heavy atom. The molecule has 17 heavy (non-hydrogen) atoms. The summed E-state index contributed by atoms with van der Waals surface area (Å²) in [6.45, 7) is 3.87. The molecule has 5 nitrogen and oxygen atoms in total. The lowest BCUT2D eigenvalue weighted by molar-refractivity contribution is -0.150. The summed E-state index contributed by atoms with van der Waals surface area (Å²) < 4.78 is 0. The summed E-state index contributed by atoms with van der Waals surface area (Å²) >= 11 is 0. The lowest BCUT2D eigenvalue weighted by atomic mass is 9.95. The molecule has 1 heterocycles. The highest BCUT2D eigenvalue weighted by molar-refractivity contribution is 5.96. The monoisotopic (exact) mass is 242 g/mol. The molecule has 1 aliphatic heterocycles. The van der Waals surface area contributed by atoms with E-state index in [0.29, 0.717) is 19.0 Å². The molecule has 0 saturated carbocycles. The van der Waals surface area contributed by atoms with Crippen molar-refractivity contribution in [2.75, 3.05) is 33.7 Å². The van der Waals surface area contributed by atoms with Gasteiger partial charge in [0.1, 0.15) is 5.92 Å². The average Bonchev–Trinajstić information content (AvgIpc) is 2.27. The standard InChI is InChI=1S/C12H22N2O3/c1-9(12(16)17)11(15)14-6-4-10(5-7-14)8-13(2)3/h9-10H,4-8H2,1-3H3,(H,16,17). The first-order valence-corrected chi connectivity index (χ1v) is 6.08. The lowest BCUT2D eigenvalue weighted by Gasteiger charge is -2.34. The van der Waals surface area contributed by atoms with Gasteiger partial charge >= 0.3 is 5.97 Å². The maximum Gasteiger partial charge on any atom is 0.315 e. The van der Waals surface area contributed by atoms with Crippen molar-refractivity contribution in [3.8, 4) is 0 Å². The smallest absolute Gasteiger partial charge is 0.315 e. The van der Waals surface area contributed by atoms with Gasteiger partial charge in [-0.3, -0.25) is 9.59 Å². The fourth-order valence-electron chi connectivity index (χ4n) is 2.23. The average molecular weight is 242 g/mol. The fourth-order valence-corrected chi connectivity index (χ4v) is 2.23. The van der Waals surface area contributed by atoms with Crippen molar-refractivity contribution >= 4 is 11.9 Å². The van der Waals surface area contributed by atoms with Gasteiger partial charge in [-0.2, -0.15) is 0 Å². The van der Waals surface area contributed by atoms with Crippen molar-refractivity contribution in [3.05, 3.63) is 0 Å². The van der Waals surface area contributed by atoms with Gasteiger partial charge in [-0.25, -0.2) is 0 Å². The van der Waals surface area contributed by atoms with E-state index in [1.165, 1.54) is 6.92 Å². The Morgan fingerprint density at radius 3 is 2.29 bits per heavy atom. The van der Waals surface area contributed by atoms with Gasteiger partial charge in [0.05, 0.1) is 0 Å². The Bertz CT molecular complexity index is 283. The van der Waals surface area contributed by atoms with Gasteiger partial charge in [0.25, 0.3) is 0 Å². The minimum Gasteiger partial charge on any atom is -0.481 e. The molecule has 0 spiro atoms. The van der Waals surface area contributed by atoms with Gasteiger partial charge in [-0.15, -0.1) is 0 Å². The topological polar surface area (TPSA) is 60.9 Å². The number of amides is 1. The molecule has 1 unspecified atom stereocenters. The molecule has 1 N–H and O–H groups in total. The van der Waals surface area contributed by atoms with Crippen molar-refractivity contribution in [1.29, 1.82) is 0 Å². The maximum atomic E-state index is 11.8. The minimum absolute atomic E-state index is 0.249. The summed E-state index contributed by atoms with van der Waals surface area (Å²) in [5.74, 6) is -1.58. The number of hydrogen-bond acceptors (Lipinski definition) is 3. The van der Waals surface area contributed by atoms with Crippen LogP contribution in [0.5, 0.6) is 0 Å². The Balaban J connectivity index is 2.41. The quantitative estimate of drug-likeness (QED) is 0.730. The molecule has 0 bridgehead atoms. The number of hydrogen-bond donors (Lipinski definition) is 1. The highest BCUT2D eigenvalue weighted by Crippen LogP contribution is 2.19. The van der Waals surface area contributed by atoms with Crippen LogP contribution in [-0.4, -0.2) is 60.5 Å². The zero-order valence-corrected chi connectivity index (χ0v) is 10.8. The number of carbonyl (C=O) groups is 2. The van der Waals surface area contributed by atoms with Crippen LogP contribution in [-0.2, 0) is 9.59 Å². The van der Waals surface area contributed by atoms with E-state index in [0.717, 1.165) is 19.4 Å². The lowest BCUT2D eigenvalue weighted by Crippen LogP contribution is -2.44. The van der Waals surface area contributed by atoms with Crippen LogP contribution in [0.3, 0.4) is 0 Å². The van der Waals surface area contributed by atoms with Crippen LogP contribution in [0, 0.1) is 11.8 Å². The minimum atomic E-state index is -1.04. The second-order valence-corrected chi connectivity index (χ2v) is 5.09. The van der Waals surface area contributed by atoms with Crippen molar-refractivity contribution in [2.24, 2.45) is 11.8 Å². The summed E-state index contributed by atoms with van der Waals surface area (Å²) in [6.07, 6.45) is 1.94. The van der Waals surface area contributed by atoms with E-state index >= 15 is 0 Å². The van der Waals surface area contributed by atoms with Crippen LogP contribution in [0.15, 0.2) is 0 Å². The van der Waals surface area contributed by atoms with Crippen LogP contribution in [0.1, 0.15) is 19.8 Å². The summed E-state index contributed by atoms with van der Waals surface area (Å²) in [4.78, 5) is 26.4. The van der Waals surface area contributed by atoms with Gasteiger partial charge in [0.2, 0.25) is 5.91 Å². The highest BCUT2D eigenvalue weighted by atomic mass is 16.4. The Kier molecular flexibility index (Phi) is 4.93. The number of nitrogens with zero attached hydrogens (tertiary/aromatic N) is 2. The van der Waals surface area contributed by atoms with Gasteiger partial charge in [-0.05, 0) is 39.8 Å². The van der Waals surface area contributed by atoms with Crippen LogP contribution in [0.25, 0.3) is 0 Å². The normalized spacial score (nSPS) is 19.4. The maximum absolute atomic E-state index is 11.8. The zero-order chi connectivity index (χ0) is 13.0. The van der Waals surface area contributed by atoms with E-state index in [2.05, 4.69) is 4.90 Å². The SMILES string of the molecule is CC(C(=O)O)C(=O)N1CCC(CN(C)C)CC1. The number of aliphatic carboxylic acids is 1. The number of rotatable bonds is 4. The first-order chi connectivity index (χ1) is 7.91. The van der Waals surface area contributed by atoms with Gasteiger partial charge in [0.15, 0.2) is 0 Å². The molecule has 1 saturated heterocycles. The molecule has 0 radical (unpaired) electrons. The molecule has 0 aliphatic carbocycles. The fraction of sp³-hybridized carbons (Fsp3) is 0.833.